The van der Waals surface area contributed by atoms with Crippen LogP contribution in [0.4, 0.5) is 4.79 Å². The molecule has 0 aromatic rings. The molecule has 1 aliphatic heterocycles. The number of rotatable bonds is 1. The van der Waals surface area contributed by atoms with Gasteiger partial charge in [-0.3, -0.25) is 10.1 Å². The summed E-state index contributed by atoms with van der Waals surface area (Å²) in [6.45, 7) is 4.28. The Balaban J connectivity index is 2.54. The normalized spacial score (nSPS) is 23.4. The molecule has 1 heterocycles. The molecule has 2 unspecified atom stereocenters. The Bertz CT molecular complexity index is 269. The molecule has 0 saturated carbocycles. The summed E-state index contributed by atoms with van der Waals surface area (Å²) < 4.78 is 0. The molecule has 0 aromatic carbocycles. The topological polar surface area (TPSA) is 49.4 Å². The zero-order chi connectivity index (χ0) is 12.1. The average molecular weight is 247 g/mol. The minimum Gasteiger partial charge on any atom is -0.322 e. The van der Waals surface area contributed by atoms with E-state index >= 15 is 0 Å². The van der Waals surface area contributed by atoms with Crippen molar-refractivity contribution in [3.63, 3.8) is 0 Å². The van der Waals surface area contributed by atoms with Crippen LogP contribution in [-0.4, -0.2) is 34.8 Å². The van der Waals surface area contributed by atoms with E-state index in [1.807, 2.05) is 6.92 Å². The molecule has 1 fully saturated rings. The highest BCUT2D eigenvalue weighted by atomic mass is 35.5. The summed E-state index contributed by atoms with van der Waals surface area (Å²) in [5, 5.41) is 1.65. The molecular formula is C11H19ClN2O2. The summed E-state index contributed by atoms with van der Waals surface area (Å²) in [5.41, 5.74) is 0. The lowest BCUT2D eigenvalue weighted by atomic mass is 10.1. The summed E-state index contributed by atoms with van der Waals surface area (Å²) in [5.74, 6) is -0.428. The van der Waals surface area contributed by atoms with Gasteiger partial charge in [0.1, 0.15) is 5.38 Å². The number of nitrogens with one attached hydrogen (secondary N) is 1. The van der Waals surface area contributed by atoms with Gasteiger partial charge in [0.2, 0.25) is 5.91 Å². The lowest BCUT2D eigenvalue weighted by Gasteiger charge is -2.27. The third kappa shape index (κ3) is 3.67. The van der Waals surface area contributed by atoms with Crippen molar-refractivity contribution in [1.82, 2.24) is 10.2 Å². The van der Waals surface area contributed by atoms with Crippen LogP contribution in [-0.2, 0) is 4.79 Å². The predicted octanol–water partition coefficient (Wildman–Crippen LogP) is 2.11. The van der Waals surface area contributed by atoms with Gasteiger partial charge in [-0.25, -0.2) is 4.79 Å². The Morgan fingerprint density at radius 2 is 2.06 bits per heavy atom. The number of carbonyl (C=O) groups excluding carboxylic acids is 2. The van der Waals surface area contributed by atoms with Crippen LogP contribution in [0, 0.1) is 0 Å². The number of amides is 3. The van der Waals surface area contributed by atoms with Gasteiger partial charge >= 0.3 is 6.03 Å². The molecule has 16 heavy (non-hydrogen) atoms. The van der Waals surface area contributed by atoms with Gasteiger partial charge < -0.3 is 4.90 Å². The van der Waals surface area contributed by atoms with E-state index in [9.17, 15) is 9.59 Å². The highest BCUT2D eigenvalue weighted by Gasteiger charge is 2.24. The van der Waals surface area contributed by atoms with E-state index in [4.69, 9.17) is 11.6 Å². The number of alkyl halides is 1. The fraction of sp³-hybridized carbons (Fsp3) is 0.818. The Morgan fingerprint density at radius 1 is 1.38 bits per heavy atom. The molecule has 0 spiro atoms. The molecular weight excluding hydrogens is 228 g/mol. The van der Waals surface area contributed by atoms with Crippen molar-refractivity contribution in [1.29, 1.82) is 0 Å². The zero-order valence-corrected chi connectivity index (χ0v) is 10.6. The number of hydrogen-bond acceptors (Lipinski definition) is 2. The van der Waals surface area contributed by atoms with E-state index in [1.165, 1.54) is 0 Å². The molecule has 0 aliphatic carbocycles. The van der Waals surface area contributed by atoms with Crippen LogP contribution in [0.25, 0.3) is 0 Å². The van der Waals surface area contributed by atoms with Gasteiger partial charge in [-0.05, 0) is 26.7 Å². The lowest BCUT2D eigenvalue weighted by Crippen LogP contribution is -2.48. The standard InChI is InChI=1S/C11H19ClN2O2/c1-8-6-4-3-5-7-14(8)11(16)13-10(15)9(2)12/h8-9H,3-7H2,1-2H3,(H,13,15,16). The summed E-state index contributed by atoms with van der Waals surface area (Å²) in [7, 11) is 0. The summed E-state index contributed by atoms with van der Waals surface area (Å²) in [6, 6.07) is -0.118. The highest BCUT2D eigenvalue weighted by Crippen LogP contribution is 2.16. The van der Waals surface area contributed by atoms with Gasteiger partial charge in [0.05, 0.1) is 0 Å². The Morgan fingerprint density at radius 3 is 2.69 bits per heavy atom. The first-order valence-corrected chi connectivity index (χ1v) is 6.21. The van der Waals surface area contributed by atoms with Crippen LogP contribution in [0.2, 0.25) is 0 Å². The number of hydrogen-bond donors (Lipinski definition) is 1. The van der Waals surface area contributed by atoms with Gasteiger partial charge in [-0.15, -0.1) is 11.6 Å². The lowest BCUT2D eigenvalue weighted by molar-refractivity contribution is -0.119. The summed E-state index contributed by atoms with van der Waals surface area (Å²) >= 11 is 5.60. The molecule has 3 amide bonds. The summed E-state index contributed by atoms with van der Waals surface area (Å²) in [4.78, 5) is 24.8. The molecule has 5 heteroatoms. The second kappa shape index (κ2) is 6.09. The zero-order valence-electron chi connectivity index (χ0n) is 9.83. The van der Waals surface area contributed by atoms with Crippen molar-refractivity contribution < 1.29 is 9.59 Å². The van der Waals surface area contributed by atoms with Gasteiger partial charge in [0, 0.05) is 12.6 Å². The molecule has 1 N–H and O–H groups in total. The van der Waals surface area contributed by atoms with Crippen molar-refractivity contribution in [2.24, 2.45) is 0 Å². The Hall–Kier alpha value is -0.770. The molecule has 0 radical (unpaired) electrons. The first-order valence-electron chi connectivity index (χ1n) is 5.78. The number of likely N-dealkylation sites (tertiary alicyclic amines) is 1. The van der Waals surface area contributed by atoms with Crippen molar-refractivity contribution in [3.05, 3.63) is 0 Å². The number of halogens is 1. The van der Waals surface area contributed by atoms with E-state index in [2.05, 4.69) is 5.32 Å². The van der Waals surface area contributed by atoms with E-state index in [-0.39, 0.29) is 12.1 Å². The Labute approximate surface area is 101 Å². The van der Waals surface area contributed by atoms with Crippen LogP contribution in [0.5, 0.6) is 0 Å². The fourth-order valence-electron chi connectivity index (χ4n) is 1.85. The number of carbonyl (C=O) groups is 2. The van der Waals surface area contributed by atoms with E-state index < -0.39 is 11.3 Å². The van der Waals surface area contributed by atoms with E-state index in [1.54, 1.807) is 11.8 Å². The second-order valence-electron chi connectivity index (χ2n) is 4.30. The van der Waals surface area contributed by atoms with E-state index in [0.717, 1.165) is 32.2 Å². The maximum absolute atomic E-state index is 11.8. The number of imide groups is 1. The van der Waals surface area contributed by atoms with E-state index in [0.29, 0.717) is 0 Å². The maximum Gasteiger partial charge on any atom is 0.324 e. The average Bonchev–Trinajstić information content (AvgIpc) is 2.42. The molecule has 92 valence electrons. The van der Waals surface area contributed by atoms with Crippen LogP contribution in [0.3, 0.4) is 0 Å². The van der Waals surface area contributed by atoms with Gasteiger partial charge in [-0.2, -0.15) is 0 Å². The highest BCUT2D eigenvalue weighted by molar-refractivity contribution is 6.31. The van der Waals surface area contributed by atoms with Crippen molar-refractivity contribution in [3.8, 4) is 0 Å². The minimum absolute atomic E-state index is 0.195. The first-order chi connectivity index (χ1) is 7.52. The fourth-order valence-corrected chi connectivity index (χ4v) is 1.91. The van der Waals surface area contributed by atoms with Gasteiger partial charge in [-0.1, -0.05) is 12.8 Å². The molecule has 2 atom stereocenters. The van der Waals surface area contributed by atoms with Crippen LogP contribution >= 0.6 is 11.6 Å². The van der Waals surface area contributed by atoms with Crippen molar-refractivity contribution in [2.75, 3.05) is 6.54 Å². The Kier molecular flexibility index (Phi) is 5.06. The minimum atomic E-state index is -0.675. The molecule has 1 saturated heterocycles. The van der Waals surface area contributed by atoms with Crippen LogP contribution in [0.15, 0.2) is 0 Å². The van der Waals surface area contributed by atoms with Crippen LogP contribution in [0.1, 0.15) is 39.5 Å². The molecule has 4 nitrogen and oxygen atoms in total. The second-order valence-corrected chi connectivity index (χ2v) is 4.96. The van der Waals surface area contributed by atoms with Crippen molar-refractivity contribution >= 4 is 23.5 Å². The van der Waals surface area contributed by atoms with Gasteiger partial charge in [0.25, 0.3) is 0 Å². The molecule has 0 aromatic heterocycles. The quantitative estimate of drug-likeness (QED) is 0.721. The molecule has 1 aliphatic rings. The smallest absolute Gasteiger partial charge is 0.322 e. The molecule has 0 bridgehead atoms. The third-order valence-corrected chi connectivity index (χ3v) is 3.10. The monoisotopic (exact) mass is 246 g/mol. The largest absolute Gasteiger partial charge is 0.324 e. The third-order valence-electron chi connectivity index (χ3n) is 2.91. The first kappa shape index (κ1) is 13.3. The SMILES string of the molecule is CC(Cl)C(=O)NC(=O)N1CCCCCC1C. The maximum atomic E-state index is 11.8. The van der Waals surface area contributed by atoms with Gasteiger partial charge in [0.15, 0.2) is 0 Å². The van der Waals surface area contributed by atoms with Crippen molar-refractivity contribution in [2.45, 2.75) is 50.9 Å². The summed E-state index contributed by atoms with van der Waals surface area (Å²) in [6.07, 6.45) is 4.29. The predicted molar refractivity (Wildman–Crippen MR) is 63.5 cm³/mol. The number of urea groups is 1. The molecule has 1 rings (SSSR count). The number of nitrogens with zero attached hydrogens (tertiary/aromatic N) is 1. The van der Waals surface area contributed by atoms with Crippen LogP contribution < -0.4 is 5.32 Å².